The smallest absolute Gasteiger partial charge is 0.481 e. The molecule has 2 rings (SSSR count). The van der Waals surface area contributed by atoms with Gasteiger partial charge < -0.3 is 9.84 Å². The van der Waals surface area contributed by atoms with Crippen LogP contribution in [0.15, 0.2) is 29.2 Å². The van der Waals surface area contributed by atoms with E-state index in [0.717, 1.165) is 0 Å². The normalized spacial score (nSPS) is 24.9. The standard InChI is InChI=1S/C18H20N2O7S/c1-2-3-12-27-14-4-6-15(7-5-14)28(26)18(16(22)19-25)8-10-20(13-21,11-9-18)17(23)24/h4-7,13H,8-12H2,1H3,(H2-,19,22,23,24,25)/p+1. The van der Waals surface area contributed by atoms with Gasteiger partial charge in [0.25, 0.3) is 5.91 Å². The van der Waals surface area contributed by atoms with Crippen LogP contribution in [0.25, 0.3) is 0 Å². The van der Waals surface area contributed by atoms with Crippen LogP contribution < -0.4 is 10.2 Å². The Morgan fingerprint density at radius 1 is 1.32 bits per heavy atom. The van der Waals surface area contributed by atoms with Crippen LogP contribution in [0.4, 0.5) is 4.79 Å². The molecule has 1 saturated heterocycles. The van der Waals surface area contributed by atoms with Gasteiger partial charge in [0.05, 0.1) is 23.9 Å². The number of quaternary nitrogens is 1. The summed E-state index contributed by atoms with van der Waals surface area (Å²) in [6.45, 7) is 1.47. The van der Waals surface area contributed by atoms with Crippen molar-refractivity contribution in [2.24, 2.45) is 0 Å². The minimum atomic E-state index is -1.90. The Labute approximate surface area is 164 Å². The summed E-state index contributed by atoms with van der Waals surface area (Å²) in [5.74, 6) is 5.07. The number of piperidine rings is 1. The number of carbonyl (C=O) groups excluding carboxylic acids is 2. The second-order valence-electron chi connectivity index (χ2n) is 6.26. The second kappa shape index (κ2) is 8.97. The molecule has 1 aromatic rings. The first-order valence-electron chi connectivity index (χ1n) is 8.41. The van der Waals surface area contributed by atoms with Crippen molar-refractivity contribution in [3.8, 4) is 17.6 Å². The highest BCUT2D eigenvalue weighted by Crippen LogP contribution is 2.35. The number of imide groups is 1. The van der Waals surface area contributed by atoms with E-state index < -0.39 is 32.0 Å². The van der Waals surface area contributed by atoms with Crippen LogP contribution >= 0.6 is 0 Å². The van der Waals surface area contributed by atoms with Gasteiger partial charge in [0.2, 0.25) is 0 Å². The van der Waals surface area contributed by atoms with Crippen molar-refractivity contribution in [1.29, 1.82) is 0 Å². The largest absolute Gasteiger partial charge is 0.520 e. The fourth-order valence-corrected chi connectivity index (χ4v) is 4.62. The third-order valence-corrected chi connectivity index (χ3v) is 6.81. The topological polar surface area (TPSA) is 130 Å². The summed E-state index contributed by atoms with van der Waals surface area (Å²) in [4.78, 5) is 35.4. The van der Waals surface area contributed by atoms with Gasteiger partial charge in [-0.1, -0.05) is 5.92 Å². The molecule has 1 aliphatic heterocycles. The SMILES string of the molecule is CC#CCOc1ccc(S(=O)C2(C(=O)NO)CC[N+](C=O)(C(=O)O)CC2)cc1. The van der Waals surface area contributed by atoms with Crippen LogP contribution in [0, 0.1) is 11.8 Å². The first-order valence-corrected chi connectivity index (χ1v) is 9.55. The molecule has 0 aromatic heterocycles. The molecule has 0 bridgehead atoms. The van der Waals surface area contributed by atoms with Gasteiger partial charge in [0.15, 0.2) is 0 Å². The van der Waals surface area contributed by atoms with Crippen molar-refractivity contribution >= 4 is 29.2 Å². The molecule has 1 fully saturated rings. The van der Waals surface area contributed by atoms with Crippen LogP contribution in [-0.2, 0) is 20.4 Å². The number of carboxylic acid groups (broad SMARTS) is 1. The Morgan fingerprint density at radius 2 is 1.93 bits per heavy atom. The number of rotatable bonds is 6. The molecule has 9 nitrogen and oxygen atoms in total. The summed E-state index contributed by atoms with van der Waals surface area (Å²) in [6, 6.07) is 6.23. The molecule has 1 unspecified atom stereocenters. The first kappa shape index (κ1) is 21.6. The number of hydroxylamine groups is 1. The van der Waals surface area contributed by atoms with E-state index in [1.165, 1.54) is 17.6 Å². The number of ether oxygens (including phenoxy) is 1. The Balaban J connectivity index is 2.27. The van der Waals surface area contributed by atoms with E-state index in [9.17, 15) is 23.7 Å². The van der Waals surface area contributed by atoms with E-state index >= 15 is 0 Å². The number of hydrogen-bond donors (Lipinski definition) is 3. The molecule has 1 aliphatic rings. The molecule has 1 heterocycles. The summed E-state index contributed by atoms with van der Waals surface area (Å²) in [5, 5.41) is 18.5. The highest BCUT2D eigenvalue weighted by Gasteiger charge is 2.54. The average molecular weight is 409 g/mol. The third-order valence-electron chi connectivity index (χ3n) is 4.81. The van der Waals surface area contributed by atoms with Gasteiger partial charge in [0.1, 0.15) is 17.1 Å². The summed E-state index contributed by atoms with van der Waals surface area (Å²) in [6.07, 6.45) is -1.34. The minimum absolute atomic E-state index is 0.151. The molecule has 150 valence electrons. The van der Waals surface area contributed by atoms with E-state index in [1.54, 1.807) is 19.1 Å². The van der Waals surface area contributed by atoms with Crippen LogP contribution in [0.5, 0.6) is 5.75 Å². The van der Waals surface area contributed by atoms with Crippen molar-refractivity contribution in [3.63, 3.8) is 0 Å². The highest BCUT2D eigenvalue weighted by atomic mass is 32.2. The maximum atomic E-state index is 13.2. The van der Waals surface area contributed by atoms with Crippen molar-refractivity contribution in [2.75, 3.05) is 19.7 Å². The van der Waals surface area contributed by atoms with Gasteiger partial charge in [-0.25, -0.2) is 10.3 Å². The monoisotopic (exact) mass is 409 g/mol. The zero-order chi connectivity index (χ0) is 20.8. The fourth-order valence-electron chi connectivity index (χ4n) is 3.01. The zero-order valence-corrected chi connectivity index (χ0v) is 16.0. The zero-order valence-electron chi connectivity index (χ0n) is 15.2. The van der Waals surface area contributed by atoms with Gasteiger partial charge in [-0.05, 0) is 31.2 Å². The molecule has 3 amide bonds. The lowest BCUT2D eigenvalue weighted by molar-refractivity contribution is -0.778. The summed E-state index contributed by atoms with van der Waals surface area (Å²) in [7, 11) is -1.90. The van der Waals surface area contributed by atoms with E-state index in [4.69, 9.17) is 9.94 Å². The lowest BCUT2D eigenvalue weighted by atomic mass is 9.93. The molecular formula is C18H21N2O7S+. The Kier molecular flexibility index (Phi) is 6.90. The van der Waals surface area contributed by atoms with Crippen LogP contribution in [0.1, 0.15) is 19.8 Å². The van der Waals surface area contributed by atoms with E-state index in [2.05, 4.69) is 11.8 Å². The number of likely N-dealkylation sites (tertiary alicyclic amines) is 1. The van der Waals surface area contributed by atoms with Crippen LogP contribution in [-0.4, -0.2) is 61.9 Å². The molecule has 28 heavy (non-hydrogen) atoms. The summed E-state index contributed by atoms with van der Waals surface area (Å²) in [5.41, 5.74) is 1.53. The molecular weight excluding hydrogens is 388 g/mol. The van der Waals surface area contributed by atoms with Gasteiger partial charge in [0, 0.05) is 17.7 Å². The first-order chi connectivity index (χ1) is 13.3. The number of nitrogens with zero attached hydrogens (tertiary/aromatic N) is 1. The average Bonchev–Trinajstić information content (AvgIpc) is 2.73. The van der Waals surface area contributed by atoms with E-state index in [1.807, 2.05) is 0 Å². The Morgan fingerprint density at radius 3 is 2.39 bits per heavy atom. The Hall–Kier alpha value is -2.74. The number of amides is 3. The summed E-state index contributed by atoms with van der Waals surface area (Å²) >= 11 is 0. The predicted octanol–water partition coefficient (Wildman–Crippen LogP) is 0.885. The van der Waals surface area contributed by atoms with Gasteiger partial charge in [-0.2, -0.15) is 9.28 Å². The highest BCUT2D eigenvalue weighted by molar-refractivity contribution is 7.87. The fraction of sp³-hybridized carbons (Fsp3) is 0.389. The lowest BCUT2D eigenvalue weighted by Gasteiger charge is -2.39. The molecule has 0 radical (unpaired) electrons. The number of nitrogens with one attached hydrogen (secondary N) is 1. The van der Waals surface area contributed by atoms with Gasteiger partial charge in [-0.3, -0.25) is 14.2 Å². The number of carbonyl (C=O) groups is 3. The predicted molar refractivity (Wildman–Crippen MR) is 97.8 cm³/mol. The van der Waals surface area contributed by atoms with Crippen molar-refractivity contribution in [2.45, 2.75) is 29.4 Å². The van der Waals surface area contributed by atoms with Crippen molar-refractivity contribution < 1.29 is 38.1 Å². The van der Waals surface area contributed by atoms with Gasteiger partial charge >= 0.3 is 12.5 Å². The molecule has 0 saturated carbocycles. The molecule has 0 spiro atoms. The molecule has 1 atom stereocenters. The Bertz CT molecular complexity index is 834. The van der Waals surface area contributed by atoms with Crippen molar-refractivity contribution in [1.82, 2.24) is 5.48 Å². The number of hydrogen-bond acceptors (Lipinski definition) is 6. The maximum absolute atomic E-state index is 13.2. The van der Waals surface area contributed by atoms with Crippen LogP contribution in [0.3, 0.4) is 0 Å². The molecule has 1 aromatic carbocycles. The van der Waals surface area contributed by atoms with E-state index in [0.29, 0.717) is 17.1 Å². The maximum Gasteiger partial charge on any atom is 0.520 e. The summed E-state index contributed by atoms with van der Waals surface area (Å²) < 4.78 is 16.2. The second-order valence-corrected chi connectivity index (χ2v) is 8.05. The van der Waals surface area contributed by atoms with E-state index in [-0.39, 0.29) is 32.5 Å². The minimum Gasteiger partial charge on any atom is -0.481 e. The molecule has 3 N–H and O–H groups in total. The number of benzene rings is 1. The lowest BCUT2D eigenvalue weighted by Crippen LogP contribution is -2.63. The van der Waals surface area contributed by atoms with Crippen LogP contribution in [0.2, 0.25) is 0 Å². The molecule has 10 heteroatoms. The quantitative estimate of drug-likeness (QED) is 0.209. The molecule has 0 aliphatic carbocycles. The van der Waals surface area contributed by atoms with Gasteiger partial charge in [-0.15, -0.1) is 5.92 Å². The third kappa shape index (κ3) is 4.06. The van der Waals surface area contributed by atoms with Crippen molar-refractivity contribution in [3.05, 3.63) is 24.3 Å².